The maximum Gasteiger partial charge on any atom is 0.220 e. The van der Waals surface area contributed by atoms with Crippen molar-refractivity contribution in [1.82, 2.24) is 10.3 Å². The number of nitrogens with one attached hydrogen (secondary N) is 2. The van der Waals surface area contributed by atoms with Gasteiger partial charge in [-0.1, -0.05) is 26.2 Å². The smallest absolute Gasteiger partial charge is 0.220 e. The number of aromatic amines is 1. The van der Waals surface area contributed by atoms with E-state index in [1.54, 1.807) is 0 Å². The third-order valence-electron chi connectivity index (χ3n) is 2.41. The first-order valence-electron chi connectivity index (χ1n) is 5.71. The summed E-state index contributed by atoms with van der Waals surface area (Å²) in [6, 6.07) is 1.97. The van der Waals surface area contributed by atoms with Crippen LogP contribution in [0.1, 0.15) is 44.6 Å². The highest BCUT2D eigenvalue weighted by atomic mass is 16.1. The summed E-state index contributed by atoms with van der Waals surface area (Å²) in [6.45, 7) is 2.81. The summed E-state index contributed by atoms with van der Waals surface area (Å²) in [6.07, 6.45) is 9.03. The van der Waals surface area contributed by atoms with Crippen molar-refractivity contribution >= 4 is 5.91 Å². The van der Waals surface area contributed by atoms with Crippen molar-refractivity contribution in [3.8, 4) is 0 Å². The minimum Gasteiger partial charge on any atom is -0.367 e. The molecule has 1 rings (SSSR count). The fraction of sp³-hybridized carbons (Fsp3) is 0.583. The Balaban J connectivity index is 2.04. The minimum atomic E-state index is 0.160. The standard InChI is InChI=1S/C12H20N2O/c1-2-3-4-5-6-12(15)14-10-11-7-8-13-9-11/h7-9,13H,2-6,10H2,1H3,(H,14,15). The molecule has 0 saturated carbocycles. The van der Waals surface area contributed by atoms with E-state index < -0.39 is 0 Å². The molecule has 2 N–H and O–H groups in total. The van der Waals surface area contributed by atoms with Gasteiger partial charge in [0.15, 0.2) is 0 Å². The molecule has 0 bridgehead atoms. The zero-order valence-corrected chi connectivity index (χ0v) is 9.38. The van der Waals surface area contributed by atoms with E-state index in [-0.39, 0.29) is 5.91 Å². The Bertz CT molecular complexity index is 267. The van der Waals surface area contributed by atoms with E-state index in [1.165, 1.54) is 12.8 Å². The molecule has 1 amide bonds. The number of carbonyl (C=O) groups excluding carboxylic acids is 1. The molecule has 0 aromatic carbocycles. The van der Waals surface area contributed by atoms with Crippen LogP contribution in [0.25, 0.3) is 0 Å². The van der Waals surface area contributed by atoms with E-state index in [4.69, 9.17) is 0 Å². The number of hydrogen-bond acceptors (Lipinski definition) is 1. The molecule has 0 aliphatic carbocycles. The van der Waals surface area contributed by atoms with Crippen LogP contribution in [0.4, 0.5) is 0 Å². The summed E-state index contributed by atoms with van der Waals surface area (Å²) in [5.41, 5.74) is 1.12. The molecular weight excluding hydrogens is 188 g/mol. The van der Waals surface area contributed by atoms with E-state index in [0.29, 0.717) is 13.0 Å². The van der Waals surface area contributed by atoms with Crippen LogP contribution in [0.2, 0.25) is 0 Å². The van der Waals surface area contributed by atoms with Crippen LogP contribution in [0.5, 0.6) is 0 Å². The molecule has 84 valence electrons. The molecule has 0 fully saturated rings. The third kappa shape index (κ3) is 5.25. The van der Waals surface area contributed by atoms with Gasteiger partial charge in [-0.25, -0.2) is 0 Å². The molecule has 1 aromatic rings. The van der Waals surface area contributed by atoms with Crippen LogP contribution in [0, 0.1) is 0 Å². The highest BCUT2D eigenvalue weighted by Crippen LogP contribution is 2.02. The lowest BCUT2D eigenvalue weighted by molar-refractivity contribution is -0.121. The lowest BCUT2D eigenvalue weighted by atomic mass is 10.1. The number of H-pyrrole nitrogens is 1. The van der Waals surface area contributed by atoms with Crippen LogP contribution < -0.4 is 5.32 Å². The first-order valence-corrected chi connectivity index (χ1v) is 5.71. The Hall–Kier alpha value is -1.25. The second kappa shape index (κ2) is 7.10. The van der Waals surface area contributed by atoms with Gasteiger partial charge in [0.05, 0.1) is 0 Å². The second-order valence-electron chi connectivity index (χ2n) is 3.81. The van der Waals surface area contributed by atoms with Crippen LogP contribution in [0.3, 0.4) is 0 Å². The Labute approximate surface area is 91.3 Å². The van der Waals surface area contributed by atoms with Crippen molar-refractivity contribution in [2.75, 3.05) is 0 Å². The summed E-state index contributed by atoms with van der Waals surface area (Å²) < 4.78 is 0. The van der Waals surface area contributed by atoms with Crippen molar-refractivity contribution in [3.63, 3.8) is 0 Å². The largest absolute Gasteiger partial charge is 0.367 e. The topological polar surface area (TPSA) is 44.9 Å². The molecule has 0 spiro atoms. The Morgan fingerprint density at radius 3 is 2.93 bits per heavy atom. The molecular formula is C12H20N2O. The fourth-order valence-corrected chi connectivity index (χ4v) is 1.47. The van der Waals surface area contributed by atoms with Gasteiger partial charge < -0.3 is 10.3 Å². The molecule has 3 heteroatoms. The fourth-order valence-electron chi connectivity index (χ4n) is 1.47. The van der Waals surface area contributed by atoms with Crippen molar-refractivity contribution < 1.29 is 4.79 Å². The first kappa shape index (κ1) is 11.8. The van der Waals surface area contributed by atoms with Gasteiger partial charge in [0.25, 0.3) is 0 Å². The number of aromatic nitrogens is 1. The molecule has 3 nitrogen and oxygen atoms in total. The van der Waals surface area contributed by atoms with E-state index in [1.807, 2.05) is 18.5 Å². The predicted octanol–water partition coefficient (Wildman–Crippen LogP) is 2.60. The van der Waals surface area contributed by atoms with Gasteiger partial charge in [-0.2, -0.15) is 0 Å². The summed E-state index contributed by atoms with van der Waals surface area (Å²) in [7, 11) is 0. The van der Waals surface area contributed by atoms with Gasteiger partial charge in [-0.3, -0.25) is 4.79 Å². The number of unbranched alkanes of at least 4 members (excludes halogenated alkanes) is 3. The molecule has 1 heterocycles. The van der Waals surface area contributed by atoms with Crippen molar-refractivity contribution in [3.05, 3.63) is 24.0 Å². The lowest BCUT2D eigenvalue weighted by Gasteiger charge is -2.03. The summed E-state index contributed by atoms with van der Waals surface area (Å²) >= 11 is 0. The lowest BCUT2D eigenvalue weighted by Crippen LogP contribution is -2.21. The third-order valence-corrected chi connectivity index (χ3v) is 2.41. The summed E-state index contributed by atoms with van der Waals surface area (Å²) in [5.74, 6) is 0.160. The molecule has 0 aliphatic heterocycles. The second-order valence-corrected chi connectivity index (χ2v) is 3.81. The highest BCUT2D eigenvalue weighted by Gasteiger charge is 2.00. The molecule has 0 atom stereocenters. The van der Waals surface area contributed by atoms with E-state index in [2.05, 4.69) is 17.2 Å². The van der Waals surface area contributed by atoms with E-state index in [0.717, 1.165) is 18.4 Å². The zero-order valence-electron chi connectivity index (χ0n) is 9.38. The van der Waals surface area contributed by atoms with Gasteiger partial charge in [0, 0.05) is 25.4 Å². The number of carbonyl (C=O) groups is 1. The minimum absolute atomic E-state index is 0.160. The van der Waals surface area contributed by atoms with Crippen LogP contribution in [0.15, 0.2) is 18.5 Å². The molecule has 0 unspecified atom stereocenters. The number of hydrogen-bond donors (Lipinski definition) is 2. The van der Waals surface area contributed by atoms with E-state index >= 15 is 0 Å². The first-order chi connectivity index (χ1) is 7.33. The Morgan fingerprint density at radius 2 is 2.27 bits per heavy atom. The normalized spacial score (nSPS) is 10.2. The van der Waals surface area contributed by atoms with Crippen molar-refractivity contribution in [2.45, 2.75) is 45.6 Å². The van der Waals surface area contributed by atoms with Gasteiger partial charge in [0.2, 0.25) is 5.91 Å². The summed E-state index contributed by atoms with van der Waals surface area (Å²) in [4.78, 5) is 14.3. The molecule has 0 aliphatic rings. The van der Waals surface area contributed by atoms with Gasteiger partial charge in [-0.05, 0) is 18.1 Å². The molecule has 15 heavy (non-hydrogen) atoms. The van der Waals surface area contributed by atoms with Gasteiger partial charge >= 0.3 is 0 Å². The van der Waals surface area contributed by atoms with Gasteiger partial charge in [-0.15, -0.1) is 0 Å². The SMILES string of the molecule is CCCCCCC(=O)NCc1cc[nH]c1. The predicted molar refractivity (Wildman–Crippen MR) is 61.4 cm³/mol. The maximum absolute atomic E-state index is 11.4. The quantitative estimate of drug-likeness (QED) is 0.665. The van der Waals surface area contributed by atoms with Crippen LogP contribution in [-0.2, 0) is 11.3 Å². The van der Waals surface area contributed by atoms with Crippen LogP contribution >= 0.6 is 0 Å². The van der Waals surface area contributed by atoms with Gasteiger partial charge in [0.1, 0.15) is 0 Å². The van der Waals surface area contributed by atoms with Crippen molar-refractivity contribution in [1.29, 1.82) is 0 Å². The molecule has 0 radical (unpaired) electrons. The Morgan fingerprint density at radius 1 is 1.40 bits per heavy atom. The number of rotatable bonds is 7. The van der Waals surface area contributed by atoms with Crippen LogP contribution in [-0.4, -0.2) is 10.9 Å². The van der Waals surface area contributed by atoms with E-state index in [9.17, 15) is 4.79 Å². The summed E-state index contributed by atoms with van der Waals surface area (Å²) in [5, 5.41) is 2.90. The highest BCUT2D eigenvalue weighted by molar-refractivity contribution is 5.75. The van der Waals surface area contributed by atoms with Crippen molar-refractivity contribution in [2.24, 2.45) is 0 Å². The Kier molecular flexibility index (Phi) is 5.59. The zero-order chi connectivity index (χ0) is 10.9. The average Bonchev–Trinajstić information content (AvgIpc) is 2.74. The molecule has 1 aromatic heterocycles. The monoisotopic (exact) mass is 208 g/mol. The maximum atomic E-state index is 11.4. The average molecular weight is 208 g/mol. The number of amides is 1. The molecule has 0 saturated heterocycles.